The van der Waals surface area contributed by atoms with Gasteiger partial charge in [0.25, 0.3) is 5.22 Å². The van der Waals surface area contributed by atoms with E-state index in [-0.39, 0.29) is 5.91 Å². The van der Waals surface area contributed by atoms with Crippen LogP contribution >= 0.6 is 46.9 Å². The van der Waals surface area contributed by atoms with Crippen LogP contribution in [0.4, 0.5) is 5.69 Å². The van der Waals surface area contributed by atoms with Crippen molar-refractivity contribution in [3.8, 4) is 0 Å². The molecule has 218 valence electrons. The minimum absolute atomic E-state index is 0.0256. The van der Waals surface area contributed by atoms with E-state index in [2.05, 4.69) is 48.9 Å². The third-order valence-corrected chi connectivity index (χ3v) is 9.86. The van der Waals surface area contributed by atoms with Crippen molar-refractivity contribution in [2.75, 3.05) is 61.8 Å². The molecule has 40 heavy (non-hydrogen) atoms. The lowest BCUT2D eigenvalue weighted by molar-refractivity contribution is -0.117. The Balaban J connectivity index is 1.27. The minimum atomic E-state index is 0.0256. The van der Waals surface area contributed by atoms with Gasteiger partial charge in [-0.25, -0.2) is 9.97 Å². The molecule has 0 aliphatic carbocycles. The van der Waals surface area contributed by atoms with Crippen LogP contribution in [0.25, 0.3) is 11.1 Å². The third kappa shape index (κ3) is 7.89. The van der Waals surface area contributed by atoms with Gasteiger partial charge in [0, 0.05) is 59.7 Å². The minimum Gasteiger partial charge on any atom is -0.431 e. The lowest BCUT2D eigenvalue weighted by Gasteiger charge is -2.34. The maximum absolute atomic E-state index is 13.0. The van der Waals surface area contributed by atoms with Crippen molar-refractivity contribution in [2.45, 2.75) is 62.6 Å². The number of aryl methyl sites for hydroxylation is 2. The number of aromatic nitrogens is 2. The quantitative estimate of drug-likeness (QED) is 0.211. The van der Waals surface area contributed by atoms with Gasteiger partial charge >= 0.3 is 0 Å². The average molecular weight is 622 g/mol. The van der Waals surface area contributed by atoms with Gasteiger partial charge < -0.3 is 9.73 Å². The maximum Gasteiger partial charge on any atom is 0.256 e. The van der Waals surface area contributed by atoms with Crippen LogP contribution < -0.4 is 5.32 Å². The molecule has 1 amide bonds. The summed E-state index contributed by atoms with van der Waals surface area (Å²) in [7, 11) is 0. The fourth-order valence-electron chi connectivity index (χ4n) is 4.72. The normalized spacial score (nSPS) is 14.9. The number of pyridine rings is 1. The second-order valence-corrected chi connectivity index (χ2v) is 14.2. The van der Waals surface area contributed by atoms with Crippen LogP contribution in [0.5, 0.6) is 0 Å². The van der Waals surface area contributed by atoms with Gasteiger partial charge in [-0.05, 0) is 49.0 Å². The summed E-state index contributed by atoms with van der Waals surface area (Å²) in [6.07, 6.45) is 0. The molecule has 0 bridgehead atoms. The molecule has 1 aromatic carbocycles. The number of amides is 1. The van der Waals surface area contributed by atoms with Crippen molar-refractivity contribution in [1.82, 2.24) is 19.8 Å². The van der Waals surface area contributed by atoms with E-state index in [1.54, 1.807) is 35.3 Å². The summed E-state index contributed by atoms with van der Waals surface area (Å²) in [5.74, 6) is 3.09. The average Bonchev–Trinajstić information content (AvgIpc) is 3.33. The van der Waals surface area contributed by atoms with Crippen molar-refractivity contribution >= 4 is 69.6 Å². The summed E-state index contributed by atoms with van der Waals surface area (Å²) in [5.41, 5.74) is 5.64. The molecule has 3 aromatic rings. The highest BCUT2D eigenvalue weighted by molar-refractivity contribution is 8.00. The molecule has 0 unspecified atom stereocenters. The number of carbonyl (C=O) groups is 1. The van der Waals surface area contributed by atoms with Crippen LogP contribution in [0.3, 0.4) is 0 Å². The predicted molar refractivity (Wildman–Crippen MR) is 172 cm³/mol. The van der Waals surface area contributed by atoms with E-state index in [1.165, 1.54) is 0 Å². The number of benzene rings is 1. The van der Waals surface area contributed by atoms with Crippen molar-refractivity contribution < 1.29 is 9.21 Å². The van der Waals surface area contributed by atoms with Crippen molar-refractivity contribution in [3.63, 3.8) is 0 Å². The molecule has 0 spiro atoms. The fraction of sp³-hybridized carbons (Fsp3) is 0.552. The molecule has 1 saturated heterocycles. The topological polar surface area (TPSA) is 74.5 Å². The SMILES string of the molecule is CCSc1cc(C)nc(SCC)c1NC(=O)CN1CCN(CCSc2nc3c(C)c(Cl)cc(C(C)C)c3o2)CC1. The van der Waals surface area contributed by atoms with Crippen LogP contribution in [0.1, 0.15) is 50.4 Å². The van der Waals surface area contributed by atoms with Gasteiger partial charge in [-0.15, -0.1) is 23.5 Å². The zero-order chi connectivity index (χ0) is 28.8. The lowest BCUT2D eigenvalue weighted by atomic mass is 10.0. The number of piperazine rings is 1. The van der Waals surface area contributed by atoms with Gasteiger partial charge in [0.1, 0.15) is 10.5 Å². The standard InChI is InChI=1S/C29H40ClN5O2S3/c1-7-38-23-15-19(5)31-28(39-8-2)26(23)32-24(36)17-35-11-9-34(10-12-35)13-14-40-29-33-25-20(6)22(30)16-21(18(3)4)27(25)37-29/h15-16,18H,7-14,17H2,1-6H3,(H,32,36). The van der Waals surface area contributed by atoms with Crippen molar-refractivity contribution in [1.29, 1.82) is 0 Å². The van der Waals surface area contributed by atoms with E-state index in [1.807, 2.05) is 19.9 Å². The molecule has 1 aliphatic rings. The van der Waals surface area contributed by atoms with E-state index >= 15 is 0 Å². The molecule has 1 N–H and O–H groups in total. The maximum atomic E-state index is 13.0. The lowest BCUT2D eigenvalue weighted by Crippen LogP contribution is -2.49. The van der Waals surface area contributed by atoms with Gasteiger partial charge in [0.2, 0.25) is 5.91 Å². The van der Waals surface area contributed by atoms with Crippen LogP contribution in [0.15, 0.2) is 31.7 Å². The number of nitrogens with one attached hydrogen (secondary N) is 1. The van der Waals surface area contributed by atoms with Crippen LogP contribution in [-0.2, 0) is 4.79 Å². The number of fused-ring (bicyclic) bond motifs is 1. The number of carbonyl (C=O) groups excluding carboxylic acids is 1. The van der Waals surface area contributed by atoms with Crippen molar-refractivity contribution in [3.05, 3.63) is 34.0 Å². The van der Waals surface area contributed by atoms with E-state index in [4.69, 9.17) is 26.0 Å². The molecular weight excluding hydrogens is 582 g/mol. The number of anilines is 1. The Labute approximate surface area is 256 Å². The molecule has 7 nitrogen and oxygen atoms in total. The zero-order valence-electron chi connectivity index (χ0n) is 24.3. The second kappa shape index (κ2) is 14.6. The second-order valence-electron chi connectivity index (χ2n) is 10.2. The molecule has 11 heteroatoms. The molecule has 1 fully saturated rings. The molecule has 2 aromatic heterocycles. The fourth-order valence-corrected chi connectivity index (χ4v) is 7.46. The Morgan fingerprint density at radius 3 is 2.42 bits per heavy atom. The summed E-state index contributed by atoms with van der Waals surface area (Å²) in [6.45, 7) is 17.5. The summed E-state index contributed by atoms with van der Waals surface area (Å²) in [4.78, 5) is 28.3. The van der Waals surface area contributed by atoms with Gasteiger partial charge in [-0.1, -0.05) is 51.1 Å². The summed E-state index contributed by atoms with van der Waals surface area (Å²) < 4.78 is 6.16. The highest BCUT2D eigenvalue weighted by Gasteiger charge is 2.22. The monoisotopic (exact) mass is 621 g/mol. The predicted octanol–water partition coefficient (Wildman–Crippen LogP) is 7.19. The van der Waals surface area contributed by atoms with E-state index in [9.17, 15) is 4.79 Å². The number of hydrogen-bond donors (Lipinski definition) is 1. The largest absolute Gasteiger partial charge is 0.431 e. The van der Waals surface area contributed by atoms with Crippen molar-refractivity contribution in [2.24, 2.45) is 0 Å². The third-order valence-electron chi connectivity index (χ3n) is 6.88. The molecular formula is C29H40ClN5O2S3. The Morgan fingerprint density at radius 2 is 1.75 bits per heavy atom. The highest BCUT2D eigenvalue weighted by Crippen LogP contribution is 2.36. The van der Waals surface area contributed by atoms with Gasteiger partial charge in [0.15, 0.2) is 5.58 Å². The Morgan fingerprint density at radius 1 is 1.05 bits per heavy atom. The van der Waals surface area contributed by atoms with E-state index < -0.39 is 0 Å². The summed E-state index contributed by atoms with van der Waals surface area (Å²) in [6, 6.07) is 4.08. The van der Waals surface area contributed by atoms with Gasteiger partial charge in [-0.3, -0.25) is 14.6 Å². The van der Waals surface area contributed by atoms with E-state index in [0.717, 1.165) is 98.5 Å². The number of oxazole rings is 1. The smallest absolute Gasteiger partial charge is 0.256 e. The summed E-state index contributed by atoms with van der Waals surface area (Å²) in [5, 5.41) is 5.54. The first-order valence-corrected chi connectivity index (χ1v) is 17.3. The Bertz CT molecular complexity index is 1300. The first-order valence-electron chi connectivity index (χ1n) is 13.9. The Hall–Kier alpha value is -1.43. The number of hydrogen-bond acceptors (Lipinski definition) is 9. The molecule has 0 radical (unpaired) electrons. The molecule has 0 atom stereocenters. The highest BCUT2D eigenvalue weighted by atomic mass is 35.5. The molecule has 3 heterocycles. The number of halogens is 1. The zero-order valence-corrected chi connectivity index (χ0v) is 27.5. The first kappa shape index (κ1) is 31.5. The molecule has 1 aliphatic heterocycles. The number of nitrogens with zero attached hydrogens (tertiary/aromatic N) is 4. The molecule has 0 saturated carbocycles. The van der Waals surface area contributed by atoms with Crippen LogP contribution in [-0.4, -0.2) is 82.2 Å². The molecule has 4 rings (SSSR count). The Kier molecular flexibility index (Phi) is 11.5. The van der Waals surface area contributed by atoms with Crippen LogP contribution in [0.2, 0.25) is 5.02 Å². The summed E-state index contributed by atoms with van der Waals surface area (Å²) >= 11 is 11.5. The van der Waals surface area contributed by atoms with Gasteiger partial charge in [0.05, 0.1) is 12.2 Å². The van der Waals surface area contributed by atoms with Gasteiger partial charge in [-0.2, -0.15) is 0 Å². The van der Waals surface area contributed by atoms with Crippen LogP contribution in [0, 0.1) is 13.8 Å². The first-order chi connectivity index (χ1) is 19.2. The number of rotatable bonds is 12. The van der Waals surface area contributed by atoms with E-state index in [0.29, 0.717) is 17.7 Å². The number of thioether (sulfide) groups is 3.